The van der Waals surface area contributed by atoms with Crippen LogP contribution in [0.25, 0.3) is 87.3 Å². The zero-order valence-electron chi connectivity index (χ0n) is 43.8. The minimum Gasteiger partial charge on any atom is -0.454 e. The molecular weight excluding hydrogens is 961 g/mol. The predicted molar refractivity (Wildman–Crippen MR) is 331 cm³/mol. The fourth-order valence-corrected chi connectivity index (χ4v) is 17.8. The highest BCUT2D eigenvalue weighted by Gasteiger charge is 2.37. The molecule has 0 amide bonds. The van der Waals surface area contributed by atoms with Crippen molar-refractivity contribution in [2.75, 3.05) is 9.80 Å². The van der Waals surface area contributed by atoms with Gasteiger partial charge in [-0.2, -0.15) is 0 Å². The van der Waals surface area contributed by atoms with Crippen molar-refractivity contribution < 1.29 is 8.83 Å². The minimum atomic E-state index is -2.37. The van der Waals surface area contributed by atoms with Crippen LogP contribution in [0.15, 0.2) is 215 Å². The van der Waals surface area contributed by atoms with Gasteiger partial charge in [-0.1, -0.05) is 196 Å². The molecule has 14 rings (SSSR count). The molecule has 0 saturated heterocycles. The molecule has 4 nitrogen and oxygen atoms in total. The first kappa shape index (κ1) is 45.6. The zero-order chi connectivity index (χ0) is 51.1. The Morgan fingerprint density at radius 2 is 0.800 bits per heavy atom. The van der Waals surface area contributed by atoms with Crippen LogP contribution in [0.1, 0.15) is 0 Å². The number of anilines is 6. The molecule has 7 heteroatoms. The van der Waals surface area contributed by atoms with Gasteiger partial charge in [0.05, 0.1) is 33.2 Å². The Labute approximate surface area is 441 Å². The Kier molecular flexibility index (Phi) is 10.1. The van der Waals surface area contributed by atoms with Crippen LogP contribution < -0.4 is 30.5 Å². The van der Waals surface area contributed by atoms with Crippen molar-refractivity contribution in [1.29, 1.82) is 0 Å². The number of hydrogen-bond donors (Lipinski definition) is 0. The smallest absolute Gasteiger partial charge is 0.159 e. The number of rotatable bonds is 8. The monoisotopic (exact) mass is 1020 g/mol. The second kappa shape index (κ2) is 16.5. The van der Waals surface area contributed by atoms with Gasteiger partial charge in [0.1, 0.15) is 19.2 Å². The van der Waals surface area contributed by atoms with Gasteiger partial charge in [-0.3, -0.25) is 0 Å². The van der Waals surface area contributed by atoms with Crippen molar-refractivity contribution in [2.24, 2.45) is 0 Å². The molecule has 0 N–H and O–H groups in total. The summed E-state index contributed by atoms with van der Waals surface area (Å²) < 4.78 is 13.6. The van der Waals surface area contributed by atoms with Gasteiger partial charge in [0.2, 0.25) is 0 Å². The van der Waals surface area contributed by atoms with E-state index in [1.165, 1.54) is 64.2 Å². The lowest BCUT2D eigenvalue weighted by atomic mass is 9.89. The molecule has 0 fully saturated rings. The summed E-state index contributed by atoms with van der Waals surface area (Å²) in [6.45, 7) is 19.6. The predicted octanol–water partition coefficient (Wildman–Crippen LogP) is 17.8. The summed E-state index contributed by atoms with van der Waals surface area (Å²) in [7, 11) is -5.49. The first-order chi connectivity index (χ1) is 36.2. The van der Waals surface area contributed by atoms with Crippen LogP contribution in [0.4, 0.5) is 34.1 Å². The lowest BCUT2D eigenvalue weighted by Gasteiger charge is -2.36. The highest BCUT2D eigenvalue weighted by atomic mass is 28.3. The van der Waals surface area contributed by atoms with Crippen LogP contribution in [0.3, 0.4) is 0 Å². The van der Waals surface area contributed by atoms with Gasteiger partial charge in [0.25, 0.3) is 0 Å². The normalized spacial score (nSPS) is 13.4. The maximum Gasteiger partial charge on any atom is 0.159 e. The third-order valence-electron chi connectivity index (χ3n) is 16.3. The third-order valence-corrected chi connectivity index (χ3v) is 24.0. The molecule has 0 atom stereocenters. The Morgan fingerprint density at radius 1 is 0.333 bits per heavy atom. The number of furan rings is 2. The largest absolute Gasteiger partial charge is 0.454 e. The zero-order valence-corrected chi connectivity index (χ0v) is 46.8. The van der Waals surface area contributed by atoms with E-state index in [2.05, 4.69) is 268 Å². The Morgan fingerprint density at radius 3 is 1.39 bits per heavy atom. The van der Waals surface area contributed by atoms with Crippen LogP contribution in [0, 0.1) is 0 Å². The SMILES string of the molecule is C[Si](C)(C)c1ccc(N(c2ccc3c(c2)[Si](C)(C)c2cccc4c2c-3cc2c3ccccc3c(N(c3ccc([Si](C)(C)C)cc3)c3cccc5c3oc3ccccc35)cc42)c2cccc3c2oc2ccccc23)cc1. The van der Waals surface area contributed by atoms with E-state index in [9.17, 15) is 0 Å². The van der Waals surface area contributed by atoms with Gasteiger partial charge in [0, 0.05) is 44.0 Å². The summed E-state index contributed by atoms with van der Waals surface area (Å²) in [5.74, 6) is 0. The number of benzene rings is 11. The molecule has 0 unspecified atom stereocenters. The summed E-state index contributed by atoms with van der Waals surface area (Å²) >= 11 is 0. The molecule has 364 valence electrons. The third kappa shape index (κ3) is 7.05. The van der Waals surface area contributed by atoms with Gasteiger partial charge in [-0.25, -0.2) is 0 Å². The van der Waals surface area contributed by atoms with E-state index in [0.29, 0.717) is 0 Å². The summed E-state index contributed by atoms with van der Waals surface area (Å²) in [4.78, 5) is 4.90. The molecular formula is C68H58N2O2Si3. The second-order valence-electron chi connectivity index (χ2n) is 23.3. The lowest BCUT2D eigenvalue weighted by Crippen LogP contribution is -2.56. The van der Waals surface area contributed by atoms with E-state index in [-0.39, 0.29) is 0 Å². The van der Waals surface area contributed by atoms with Crippen LogP contribution in [0.5, 0.6) is 0 Å². The fourth-order valence-electron chi connectivity index (χ4n) is 12.4. The topological polar surface area (TPSA) is 32.8 Å². The second-order valence-corrected chi connectivity index (χ2v) is 37.8. The molecule has 75 heavy (non-hydrogen) atoms. The lowest BCUT2D eigenvalue weighted by molar-refractivity contribution is 0.668. The molecule has 0 spiro atoms. The minimum absolute atomic E-state index is 0.884. The molecule has 13 aromatic rings. The average molecular weight is 1020 g/mol. The molecule has 3 heterocycles. The van der Waals surface area contributed by atoms with E-state index in [1.807, 2.05) is 0 Å². The summed E-state index contributed by atoms with van der Waals surface area (Å²) in [5, 5.41) is 17.8. The fraction of sp³-hybridized carbons (Fsp3) is 0.118. The van der Waals surface area contributed by atoms with Gasteiger partial charge in [-0.15, -0.1) is 0 Å². The van der Waals surface area contributed by atoms with Gasteiger partial charge >= 0.3 is 0 Å². The molecule has 1 aliphatic heterocycles. The molecule has 2 aromatic heterocycles. The highest BCUT2D eigenvalue weighted by molar-refractivity contribution is 7.03. The molecule has 0 aliphatic carbocycles. The molecule has 1 aliphatic rings. The van der Waals surface area contributed by atoms with Crippen LogP contribution in [-0.4, -0.2) is 24.2 Å². The maximum absolute atomic E-state index is 6.85. The van der Waals surface area contributed by atoms with Gasteiger partial charge in [-0.05, 0) is 121 Å². The molecule has 0 bridgehead atoms. The van der Waals surface area contributed by atoms with Crippen molar-refractivity contribution in [2.45, 2.75) is 52.4 Å². The van der Waals surface area contributed by atoms with Crippen molar-refractivity contribution in [3.63, 3.8) is 0 Å². The van der Waals surface area contributed by atoms with Crippen LogP contribution in [0.2, 0.25) is 52.4 Å². The number of hydrogen-bond acceptors (Lipinski definition) is 4. The number of nitrogens with zero attached hydrogens (tertiary/aromatic N) is 2. The number of para-hydroxylation sites is 4. The van der Waals surface area contributed by atoms with Crippen molar-refractivity contribution in [3.05, 3.63) is 206 Å². The van der Waals surface area contributed by atoms with Crippen LogP contribution >= 0.6 is 0 Å². The number of fused-ring (bicyclic) bond motifs is 12. The van der Waals surface area contributed by atoms with Crippen molar-refractivity contribution in [1.82, 2.24) is 0 Å². The van der Waals surface area contributed by atoms with Crippen molar-refractivity contribution in [3.8, 4) is 11.1 Å². The molecule has 11 aromatic carbocycles. The summed E-state index contributed by atoms with van der Waals surface area (Å²) in [6, 6.07) is 77.2. The molecule has 0 saturated carbocycles. The Bertz CT molecular complexity index is 4480. The summed E-state index contributed by atoms with van der Waals surface area (Å²) in [5.41, 5.74) is 12.7. The van der Waals surface area contributed by atoms with Crippen molar-refractivity contribution >= 4 is 155 Å². The first-order valence-corrected chi connectivity index (χ1v) is 36.4. The Balaban J connectivity index is 0.998. The van der Waals surface area contributed by atoms with E-state index in [4.69, 9.17) is 8.83 Å². The highest BCUT2D eigenvalue weighted by Crippen LogP contribution is 2.49. The molecule has 0 radical (unpaired) electrons. The van der Waals surface area contributed by atoms with E-state index >= 15 is 0 Å². The van der Waals surface area contributed by atoms with E-state index in [1.54, 1.807) is 0 Å². The average Bonchev–Trinajstić information content (AvgIpc) is 4.08. The van der Waals surface area contributed by atoms with Crippen LogP contribution in [-0.2, 0) is 0 Å². The maximum atomic E-state index is 6.85. The quantitative estimate of drug-likeness (QED) is 0.112. The standard InChI is InChI=1S/C68H58N2O2Si3/c1-73(2,3)46-35-30-43(31-36-46)69(59-25-15-23-54-50-20-11-13-27-62(50)71-67(54)59)45-34-39-52-58-41-56-48-18-9-10-19-49(48)61(42-57(56)53-22-17-29-64(66(53)58)75(7,8)65(52)40-45)70(44-32-37-47(38-33-44)74(4,5)6)60-26-16-24-55-51-21-12-14-28-63(51)72-68(55)60/h9-42H,1-8H3. The van der Waals surface area contributed by atoms with E-state index in [0.717, 1.165) is 78.0 Å². The summed E-state index contributed by atoms with van der Waals surface area (Å²) in [6.07, 6.45) is 0. The van der Waals surface area contributed by atoms with E-state index < -0.39 is 24.2 Å². The van der Waals surface area contributed by atoms with Gasteiger partial charge < -0.3 is 18.6 Å². The Hall–Kier alpha value is -7.95. The van der Waals surface area contributed by atoms with Gasteiger partial charge in [0.15, 0.2) is 11.2 Å². The first-order valence-electron chi connectivity index (χ1n) is 26.4.